The number of benzene rings is 1. The van der Waals surface area contributed by atoms with Crippen LogP contribution in [0.3, 0.4) is 0 Å². The van der Waals surface area contributed by atoms with E-state index in [2.05, 4.69) is 9.93 Å². The summed E-state index contributed by atoms with van der Waals surface area (Å²) in [7, 11) is -3.83. The van der Waals surface area contributed by atoms with Crippen LogP contribution in [-0.2, 0) is 29.1 Å². The van der Waals surface area contributed by atoms with Crippen LogP contribution in [-0.4, -0.2) is 39.3 Å². The fraction of sp³-hybridized carbons (Fsp3) is 0.500. The van der Waals surface area contributed by atoms with E-state index in [1.165, 1.54) is 12.1 Å². The zero-order chi connectivity index (χ0) is 20.0. The van der Waals surface area contributed by atoms with Crippen molar-refractivity contribution in [1.82, 2.24) is 4.83 Å². The highest BCUT2D eigenvalue weighted by atomic mass is 32.2. The van der Waals surface area contributed by atoms with Crippen LogP contribution in [0.15, 0.2) is 34.3 Å². The van der Waals surface area contributed by atoms with Gasteiger partial charge < -0.3 is 9.47 Å². The van der Waals surface area contributed by atoms with Gasteiger partial charge in [0.2, 0.25) is 0 Å². The minimum Gasteiger partial charge on any atom is -0.466 e. The quantitative estimate of drug-likeness (QED) is 0.555. The first-order valence-electron chi connectivity index (χ1n) is 8.75. The Kier molecular flexibility index (Phi) is 6.95. The molecule has 2 atom stereocenters. The molecule has 9 heteroatoms. The zero-order valence-corrected chi connectivity index (χ0v) is 16.4. The molecule has 0 unspecified atom stereocenters. The third kappa shape index (κ3) is 5.29. The summed E-state index contributed by atoms with van der Waals surface area (Å²) in [5.41, 5.74) is 1.34. The van der Waals surface area contributed by atoms with Crippen LogP contribution in [0.2, 0.25) is 0 Å². The van der Waals surface area contributed by atoms with Crippen molar-refractivity contribution in [2.24, 2.45) is 16.9 Å². The first-order chi connectivity index (χ1) is 12.8. The minimum absolute atomic E-state index is 0.0827. The number of nitrogens with zero attached hydrogens (tertiary/aromatic N) is 1. The van der Waals surface area contributed by atoms with Crippen molar-refractivity contribution in [2.45, 2.75) is 38.5 Å². The summed E-state index contributed by atoms with van der Waals surface area (Å²) in [6, 6.07) is 6.33. The standard InChI is InChI=1S/C18H24N2O6S/c1-4-25-17(21)15-10-13(11-16(15)18(22)26-5-2)19-20-27(23,24)14-8-6-12(3)7-9-14/h6-9,15-16,20H,4-5,10-11H2,1-3H3/t15-,16+. The molecule has 1 aromatic carbocycles. The number of carbonyl (C=O) groups excluding carboxylic acids is 2. The summed E-state index contributed by atoms with van der Waals surface area (Å²) in [5, 5.41) is 3.94. The largest absolute Gasteiger partial charge is 0.466 e. The third-order valence-corrected chi connectivity index (χ3v) is 5.46. The SMILES string of the molecule is CCOC(=O)[C@H]1CC(=NNS(=O)(=O)c2ccc(C)cc2)C[C@H]1C(=O)OCC. The summed E-state index contributed by atoms with van der Waals surface area (Å²) in [6.45, 7) is 5.59. The lowest BCUT2D eigenvalue weighted by atomic mass is 9.96. The van der Waals surface area contributed by atoms with E-state index in [0.29, 0.717) is 5.71 Å². The van der Waals surface area contributed by atoms with E-state index in [1.54, 1.807) is 26.0 Å². The zero-order valence-electron chi connectivity index (χ0n) is 15.6. The first kappa shape index (κ1) is 20.9. The van der Waals surface area contributed by atoms with Crippen molar-refractivity contribution >= 4 is 27.7 Å². The van der Waals surface area contributed by atoms with Gasteiger partial charge in [-0.05, 0) is 32.9 Å². The predicted octanol–water partition coefficient (Wildman–Crippen LogP) is 1.78. The van der Waals surface area contributed by atoms with E-state index in [1.807, 2.05) is 6.92 Å². The Morgan fingerprint density at radius 3 is 1.96 bits per heavy atom. The van der Waals surface area contributed by atoms with Crippen LogP contribution in [0.4, 0.5) is 0 Å². The van der Waals surface area contributed by atoms with Gasteiger partial charge in [-0.25, -0.2) is 4.83 Å². The van der Waals surface area contributed by atoms with Crippen LogP contribution < -0.4 is 4.83 Å². The maximum atomic E-state index is 12.3. The number of hydrazone groups is 1. The highest BCUT2D eigenvalue weighted by Gasteiger charge is 2.43. The smallest absolute Gasteiger partial charge is 0.310 e. The Balaban J connectivity index is 2.16. The van der Waals surface area contributed by atoms with E-state index in [-0.39, 0.29) is 31.0 Å². The van der Waals surface area contributed by atoms with Crippen molar-refractivity contribution in [1.29, 1.82) is 0 Å². The summed E-state index contributed by atoms with van der Waals surface area (Å²) < 4.78 is 34.7. The van der Waals surface area contributed by atoms with E-state index in [9.17, 15) is 18.0 Å². The summed E-state index contributed by atoms with van der Waals surface area (Å²) in [5.74, 6) is -2.48. The second-order valence-corrected chi connectivity index (χ2v) is 7.87. The summed E-state index contributed by atoms with van der Waals surface area (Å²) in [4.78, 5) is 26.5. The Morgan fingerprint density at radius 2 is 1.52 bits per heavy atom. The van der Waals surface area contributed by atoms with Gasteiger partial charge in [0, 0.05) is 18.6 Å². The monoisotopic (exact) mass is 396 g/mol. The number of nitrogens with one attached hydrogen (secondary N) is 1. The Morgan fingerprint density at radius 1 is 1.04 bits per heavy atom. The number of rotatable bonds is 7. The number of esters is 2. The van der Waals surface area contributed by atoms with Gasteiger partial charge in [-0.15, -0.1) is 0 Å². The maximum absolute atomic E-state index is 12.3. The second kappa shape index (κ2) is 8.98. The average Bonchev–Trinajstić information content (AvgIpc) is 3.05. The van der Waals surface area contributed by atoms with Crippen molar-refractivity contribution in [3.63, 3.8) is 0 Å². The fourth-order valence-electron chi connectivity index (χ4n) is 2.86. The Bertz CT molecular complexity index is 789. The second-order valence-electron chi connectivity index (χ2n) is 6.21. The van der Waals surface area contributed by atoms with E-state index in [0.717, 1.165) is 5.56 Å². The van der Waals surface area contributed by atoms with Crippen molar-refractivity contribution < 1.29 is 27.5 Å². The molecular formula is C18H24N2O6S. The molecule has 1 saturated carbocycles. The molecule has 0 aliphatic heterocycles. The van der Waals surface area contributed by atoms with Gasteiger partial charge in [0.1, 0.15) is 0 Å². The topological polar surface area (TPSA) is 111 Å². The molecule has 1 aliphatic carbocycles. The molecule has 0 bridgehead atoms. The molecule has 1 aromatic rings. The molecule has 0 aromatic heterocycles. The van der Waals surface area contributed by atoms with E-state index in [4.69, 9.17) is 9.47 Å². The first-order valence-corrected chi connectivity index (χ1v) is 10.2. The van der Waals surface area contributed by atoms with Crippen LogP contribution >= 0.6 is 0 Å². The number of hydrogen-bond acceptors (Lipinski definition) is 7. The minimum atomic E-state index is -3.83. The summed E-state index contributed by atoms with van der Waals surface area (Å²) in [6.07, 6.45) is 0.275. The molecule has 1 N–H and O–H groups in total. The van der Waals surface area contributed by atoms with Crippen LogP contribution in [0, 0.1) is 18.8 Å². The molecule has 8 nitrogen and oxygen atoms in total. The molecule has 0 spiro atoms. The average molecular weight is 396 g/mol. The maximum Gasteiger partial charge on any atom is 0.310 e. The van der Waals surface area contributed by atoms with Gasteiger partial charge in [-0.1, -0.05) is 17.7 Å². The van der Waals surface area contributed by atoms with Gasteiger partial charge in [-0.3, -0.25) is 9.59 Å². The third-order valence-electron chi connectivity index (χ3n) is 4.23. The van der Waals surface area contributed by atoms with Gasteiger partial charge in [0.25, 0.3) is 10.0 Å². The van der Waals surface area contributed by atoms with Crippen molar-refractivity contribution in [2.75, 3.05) is 13.2 Å². The van der Waals surface area contributed by atoms with Gasteiger partial charge >= 0.3 is 11.9 Å². The molecule has 27 heavy (non-hydrogen) atoms. The number of carbonyl (C=O) groups is 2. The number of hydrogen-bond donors (Lipinski definition) is 1. The van der Waals surface area contributed by atoms with Crippen molar-refractivity contribution in [3.8, 4) is 0 Å². The number of aryl methyl sites for hydroxylation is 1. The molecule has 1 aliphatic rings. The van der Waals surface area contributed by atoms with Crippen molar-refractivity contribution in [3.05, 3.63) is 29.8 Å². The Labute approximate surface area is 159 Å². The van der Waals surface area contributed by atoms with E-state index >= 15 is 0 Å². The normalized spacial score (nSPS) is 21.1. The van der Waals surface area contributed by atoms with Gasteiger partial charge in [-0.2, -0.15) is 13.5 Å². The molecule has 1 fully saturated rings. The van der Waals surface area contributed by atoms with Crippen LogP contribution in [0.1, 0.15) is 32.3 Å². The van der Waals surface area contributed by atoms with Gasteiger partial charge in [0.15, 0.2) is 0 Å². The fourth-order valence-corrected chi connectivity index (χ4v) is 3.70. The highest BCUT2D eigenvalue weighted by molar-refractivity contribution is 7.89. The molecule has 0 saturated heterocycles. The Hall–Kier alpha value is -2.42. The molecular weight excluding hydrogens is 372 g/mol. The van der Waals surface area contributed by atoms with Crippen LogP contribution in [0.5, 0.6) is 0 Å². The molecule has 2 rings (SSSR count). The number of ether oxygens (including phenoxy) is 2. The summed E-state index contributed by atoms with van der Waals surface area (Å²) >= 11 is 0. The van der Waals surface area contributed by atoms with Gasteiger partial charge in [0.05, 0.1) is 29.9 Å². The lowest BCUT2D eigenvalue weighted by Crippen LogP contribution is -2.28. The van der Waals surface area contributed by atoms with Crippen LogP contribution in [0.25, 0.3) is 0 Å². The molecule has 0 radical (unpaired) electrons. The predicted molar refractivity (Wildman–Crippen MR) is 98.4 cm³/mol. The molecule has 0 heterocycles. The number of sulfonamides is 1. The lowest BCUT2D eigenvalue weighted by molar-refractivity contribution is -0.158. The van der Waals surface area contributed by atoms with E-state index < -0.39 is 33.8 Å². The molecule has 148 valence electrons. The lowest BCUT2D eigenvalue weighted by Gasteiger charge is -2.15. The molecule has 0 amide bonds. The highest BCUT2D eigenvalue weighted by Crippen LogP contribution is 2.32.